The Labute approximate surface area is 107 Å². The number of esters is 2. The minimum atomic E-state index is -1.40. The average molecular weight is 258 g/mol. The normalized spacial score (nSPS) is 23.8. The molecule has 5 heteroatoms. The van der Waals surface area contributed by atoms with Crippen molar-refractivity contribution in [2.75, 3.05) is 13.2 Å². The third kappa shape index (κ3) is 2.66. The summed E-state index contributed by atoms with van der Waals surface area (Å²) in [4.78, 5) is 24.2. The van der Waals surface area contributed by atoms with Gasteiger partial charge in [0, 0.05) is 5.92 Å². The van der Waals surface area contributed by atoms with Gasteiger partial charge in [-0.3, -0.25) is 9.59 Å². The molecule has 1 aliphatic carbocycles. The second-order valence-corrected chi connectivity index (χ2v) is 4.75. The van der Waals surface area contributed by atoms with Crippen molar-refractivity contribution in [2.24, 2.45) is 11.3 Å². The Morgan fingerprint density at radius 2 is 1.67 bits per heavy atom. The van der Waals surface area contributed by atoms with Crippen molar-refractivity contribution < 1.29 is 24.2 Å². The van der Waals surface area contributed by atoms with Crippen molar-refractivity contribution >= 4 is 11.9 Å². The van der Waals surface area contributed by atoms with Gasteiger partial charge in [0.25, 0.3) is 0 Å². The first-order valence-corrected chi connectivity index (χ1v) is 6.50. The molecule has 2 unspecified atom stereocenters. The van der Waals surface area contributed by atoms with Crippen molar-refractivity contribution in [3.8, 4) is 0 Å². The van der Waals surface area contributed by atoms with Crippen LogP contribution in [0.25, 0.3) is 0 Å². The smallest absolute Gasteiger partial charge is 0.323 e. The number of hydrogen-bond acceptors (Lipinski definition) is 5. The quantitative estimate of drug-likeness (QED) is 0.594. The van der Waals surface area contributed by atoms with E-state index in [0.717, 1.165) is 6.42 Å². The fourth-order valence-corrected chi connectivity index (χ4v) is 2.56. The molecule has 2 atom stereocenters. The lowest BCUT2D eigenvalue weighted by molar-refractivity contribution is -0.178. The van der Waals surface area contributed by atoms with Crippen LogP contribution in [0.2, 0.25) is 0 Å². The maximum Gasteiger partial charge on any atom is 0.323 e. The van der Waals surface area contributed by atoms with Crippen LogP contribution in [-0.2, 0) is 19.1 Å². The van der Waals surface area contributed by atoms with Crippen LogP contribution in [0.4, 0.5) is 0 Å². The maximum atomic E-state index is 12.1. The van der Waals surface area contributed by atoms with Crippen molar-refractivity contribution in [1.29, 1.82) is 0 Å². The average Bonchev–Trinajstić information content (AvgIpc) is 2.75. The lowest BCUT2D eigenvalue weighted by atomic mass is 9.75. The van der Waals surface area contributed by atoms with E-state index < -0.39 is 29.4 Å². The van der Waals surface area contributed by atoms with Gasteiger partial charge < -0.3 is 14.6 Å². The van der Waals surface area contributed by atoms with Gasteiger partial charge in [-0.25, -0.2) is 0 Å². The highest BCUT2D eigenvalue weighted by Gasteiger charge is 2.54. The van der Waals surface area contributed by atoms with Gasteiger partial charge in [-0.05, 0) is 33.6 Å². The van der Waals surface area contributed by atoms with Crippen molar-refractivity contribution in [3.63, 3.8) is 0 Å². The SMILES string of the molecule is CCOC(=O)C(C)(C(=O)OCC)C1CCCC1O. The molecule has 0 aromatic rings. The largest absolute Gasteiger partial charge is 0.465 e. The molecular formula is C13H22O5. The van der Waals surface area contributed by atoms with Gasteiger partial charge in [0.1, 0.15) is 0 Å². The van der Waals surface area contributed by atoms with E-state index in [1.807, 2.05) is 0 Å². The summed E-state index contributed by atoms with van der Waals surface area (Å²) in [5.74, 6) is -1.63. The summed E-state index contributed by atoms with van der Waals surface area (Å²) in [5.41, 5.74) is -1.40. The van der Waals surface area contributed by atoms with Crippen LogP contribution in [0.1, 0.15) is 40.0 Å². The Bertz CT molecular complexity index is 295. The molecule has 104 valence electrons. The topological polar surface area (TPSA) is 72.8 Å². The molecule has 5 nitrogen and oxygen atoms in total. The molecule has 18 heavy (non-hydrogen) atoms. The fraction of sp³-hybridized carbons (Fsp3) is 0.846. The zero-order chi connectivity index (χ0) is 13.8. The number of carbonyl (C=O) groups excluding carboxylic acids is 2. The van der Waals surface area contributed by atoms with Crippen molar-refractivity contribution in [1.82, 2.24) is 0 Å². The molecule has 0 amide bonds. The van der Waals surface area contributed by atoms with E-state index in [0.29, 0.717) is 12.8 Å². The Kier molecular flexibility index (Phi) is 5.14. The molecule has 1 fully saturated rings. The number of aliphatic hydroxyl groups is 1. The minimum absolute atomic E-state index is 0.205. The van der Waals surface area contributed by atoms with Gasteiger partial charge in [-0.2, -0.15) is 0 Å². The molecule has 0 aromatic carbocycles. The van der Waals surface area contributed by atoms with Gasteiger partial charge in [0.15, 0.2) is 5.41 Å². The third-order valence-electron chi connectivity index (χ3n) is 3.62. The summed E-state index contributed by atoms with van der Waals surface area (Å²) in [6.07, 6.45) is 1.40. The molecule has 0 spiro atoms. The highest BCUT2D eigenvalue weighted by Crippen LogP contribution is 2.42. The lowest BCUT2D eigenvalue weighted by Gasteiger charge is -2.32. The van der Waals surface area contributed by atoms with Gasteiger partial charge in [-0.15, -0.1) is 0 Å². The minimum Gasteiger partial charge on any atom is -0.465 e. The first-order chi connectivity index (χ1) is 8.48. The van der Waals surface area contributed by atoms with E-state index in [-0.39, 0.29) is 13.2 Å². The molecule has 1 N–H and O–H groups in total. The maximum absolute atomic E-state index is 12.1. The summed E-state index contributed by atoms with van der Waals surface area (Å²) >= 11 is 0. The highest BCUT2D eigenvalue weighted by molar-refractivity contribution is 6.00. The van der Waals surface area contributed by atoms with E-state index >= 15 is 0 Å². The summed E-state index contributed by atoms with van der Waals surface area (Å²) in [6.45, 7) is 5.30. The number of hydrogen-bond donors (Lipinski definition) is 1. The molecule has 0 heterocycles. The summed E-state index contributed by atoms with van der Waals surface area (Å²) in [5, 5.41) is 9.94. The first kappa shape index (κ1) is 15.0. The summed E-state index contributed by atoms with van der Waals surface area (Å²) < 4.78 is 9.97. The van der Waals surface area contributed by atoms with Crippen LogP contribution in [0.5, 0.6) is 0 Å². The Hall–Kier alpha value is -1.10. The monoisotopic (exact) mass is 258 g/mol. The Balaban J connectivity index is 2.99. The highest BCUT2D eigenvalue weighted by atomic mass is 16.6. The molecule has 0 aliphatic heterocycles. The molecule has 1 saturated carbocycles. The van der Waals surface area contributed by atoms with Crippen molar-refractivity contribution in [3.05, 3.63) is 0 Å². The molecule has 1 aliphatic rings. The van der Waals surface area contributed by atoms with Crippen molar-refractivity contribution in [2.45, 2.75) is 46.1 Å². The van der Waals surface area contributed by atoms with Gasteiger partial charge in [0.2, 0.25) is 0 Å². The second kappa shape index (κ2) is 6.18. The zero-order valence-corrected chi connectivity index (χ0v) is 11.3. The molecule has 0 saturated heterocycles. The standard InChI is InChI=1S/C13H22O5/c1-4-17-11(15)13(3,12(16)18-5-2)9-7-6-8-10(9)14/h9-10,14H,4-8H2,1-3H3. The van der Waals surface area contributed by atoms with Gasteiger partial charge in [0.05, 0.1) is 19.3 Å². The molecule has 0 bridgehead atoms. The molecule has 0 radical (unpaired) electrons. The van der Waals surface area contributed by atoms with E-state index in [2.05, 4.69) is 0 Å². The predicted octanol–water partition coefficient (Wildman–Crippen LogP) is 1.28. The summed E-state index contributed by atoms with van der Waals surface area (Å²) in [7, 11) is 0. The Morgan fingerprint density at radius 3 is 2.00 bits per heavy atom. The number of ether oxygens (including phenoxy) is 2. The zero-order valence-electron chi connectivity index (χ0n) is 11.3. The van der Waals surface area contributed by atoms with E-state index in [1.54, 1.807) is 13.8 Å². The van der Waals surface area contributed by atoms with E-state index in [1.165, 1.54) is 6.92 Å². The number of aliphatic hydroxyl groups excluding tert-OH is 1. The third-order valence-corrected chi connectivity index (χ3v) is 3.62. The first-order valence-electron chi connectivity index (χ1n) is 6.50. The van der Waals surface area contributed by atoms with Crippen LogP contribution in [0, 0.1) is 11.3 Å². The molecule has 1 rings (SSSR count). The van der Waals surface area contributed by atoms with Gasteiger partial charge in [-0.1, -0.05) is 6.42 Å². The predicted molar refractivity (Wildman–Crippen MR) is 64.7 cm³/mol. The van der Waals surface area contributed by atoms with Crippen LogP contribution < -0.4 is 0 Å². The fourth-order valence-electron chi connectivity index (χ4n) is 2.56. The van der Waals surface area contributed by atoms with Crippen LogP contribution in [-0.4, -0.2) is 36.4 Å². The molecule has 0 aromatic heterocycles. The lowest BCUT2D eigenvalue weighted by Crippen LogP contribution is -2.48. The van der Waals surface area contributed by atoms with Gasteiger partial charge >= 0.3 is 11.9 Å². The van der Waals surface area contributed by atoms with E-state index in [9.17, 15) is 14.7 Å². The van der Waals surface area contributed by atoms with Crippen LogP contribution in [0.15, 0.2) is 0 Å². The summed E-state index contributed by atoms with van der Waals surface area (Å²) in [6, 6.07) is 0. The van der Waals surface area contributed by atoms with Crippen LogP contribution in [0.3, 0.4) is 0 Å². The second-order valence-electron chi connectivity index (χ2n) is 4.75. The van der Waals surface area contributed by atoms with Crippen LogP contribution >= 0.6 is 0 Å². The number of carbonyl (C=O) groups is 2. The van der Waals surface area contributed by atoms with E-state index in [4.69, 9.17) is 9.47 Å². The Morgan fingerprint density at radius 1 is 1.17 bits per heavy atom. The number of rotatable bonds is 5. The molecular weight excluding hydrogens is 236 g/mol.